The lowest BCUT2D eigenvalue weighted by Gasteiger charge is -2.34. The molecule has 1 aliphatic rings. The molecule has 7 heteroatoms. The standard InChI is InChI=1S/C19H17Cl2N3OS/c1-12-3-2-4-16-17(12)22-19(26-16)24-9-7-23(8-10-24)18(25)14-11-13(20)5-6-15(14)21/h2-6,11H,7-10H2,1H3. The highest BCUT2D eigenvalue weighted by molar-refractivity contribution is 7.22. The van der Waals surface area contributed by atoms with Gasteiger partial charge in [-0.3, -0.25) is 4.79 Å². The second kappa shape index (κ2) is 7.06. The summed E-state index contributed by atoms with van der Waals surface area (Å²) in [6, 6.07) is 11.2. The number of halogens is 2. The Kier molecular flexibility index (Phi) is 4.78. The van der Waals surface area contributed by atoms with Gasteiger partial charge in [-0.15, -0.1) is 0 Å². The largest absolute Gasteiger partial charge is 0.345 e. The fraction of sp³-hybridized carbons (Fsp3) is 0.263. The van der Waals surface area contributed by atoms with Gasteiger partial charge in [0.05, 0.1) is 20.8 Å². The van der Waals surface area contributed by atoms with Crippen LogP contribution in [-0.2, 0) is 0 Å². The lowest BCUT2D eigenvalue weighted by molar-refractivity contribution is 0.0747. The molecule has 2 aromatic carbocycles. The normalized spacial score (nSPS) is 14.9. The number of carbonyl (C=O) groups is 1. The van der Waals surface area contributed by atoms with E-state index in [1.807, 2.05) is 4.90 Å². The average Bonchev–Trinajstić information content (AvgIpc) is 3.09. The first-order chi connectivity index (χ1) is 12.5. The maximum absolute atomic E-state index is 12.8. The highest BCUT2D eigenvalue weighted by Gasteiger charge is 2.25. The third-order valence-electron chi connectivity index (χ3n) is 4.61. The lowest BCUT2D eigenvalue weighted by Crippen LogP contribution is -2.48. The van der Waals surface area contributed by atoms with Crippen LogP contribution < -0.4 is 4.90 Å². The van der Waals surface area contributed by atoms with Crippen LogP contribution >= 0.6 is 34.5 Å². The van der Waals surface area contributed by atoms with Crippen LogP contribution in [-0.4, -0.2) is 42.0 Å². The van der Waals surface area contributed by atoms with Gasteiger partial charge in [0.2, 0.25) is 0 Å². The van der Waals surface area contributed by atoms with Crippen LogP contribution in [0.15, 0.2) is 36.4 Å². The van der Waals surface area contributed by atoms with Gasteiger partial charge in [-0.05, 0) is 36.8 Å². The van der Waals surface area contributed by atoms with Gasteiger partial charge in [0, 0.05) is 31.2 Å². The van der Waals surface area contributed by atoms with E-state index in [1.54, 1.807) is 29.5 Å². The van der Waals surface area contributed by atoms with E-state index in [4.69, 9.17) is 28.2 Å². The topological polar surface area (TPSA) is 36.4 Å². The number of hydrogen-bond donors (Lipinski definition) is 0. The number of nitrogens with zero attached hydrogens (tertiary/aromatic N) is 3. The third kappa shape index (κ3) is 3.27. The fourth-order valence-electron chi connectivity index (χ4n) is 3.14. The molecule has 4 rings (SSSR count). The van der Waals surface area contributed by atoms with E-state index in [0.717, 1.165) is 23.7 Å². The van der Waals surface area contributed by atoms with Crippen molar-refractivity contribution >= 4 is 55.8 Å². The van der Waals surface area contributed by atoms with Gasteiger partial charge >= 0.3 is 0 Å². The van der Waals surface area contributed by atoms with Crippen molar-refractivity contribution in [2.75, 3.05) is 31.1 Å². The van der Waals surface area contributed by atoms with Gasteiger partial charge < -0.3 is 9.80 Å². The Hall–Kier alpha value is -1.82. The number of aryl methyl sites for hydroxylation is 1. The van der Waals surface area contributed by atoms with Crippen LogP contribution in [0.25, 0.3) is 10.2 Å². The van der Waals surface area contributed by atoms with Crippen LogP contribution in [0.5, 0.6) is 0 Å². The van der Waals surface area contributed by atoms with Crippen LogP contribution in [0.1, 0.15) is 15.9 Å². The predicted molar refractivity (Wildman–Crippen MR) is 109 cm³/mol. The Morgan fingerprint density at radius 1 is 1.12 bits per heavy atom. The van der Waals surface area contributed by atoms with E-state index in [1.165, 1.54) is 10.3 Å². The molecule has 2 heterocycles. The number of benzene rings is 2. The van der Waals surface area contributed by atoms with Crippen molar-refractivity contribution < 1.29 is 4.79 Å². The molecular weight excluding hydrogens is 389 g/mol. The minimum Gasteiger partial charge on any atom is -0.345 e. The van der Waals surface area contributed by atoms with E-state index in [0.29, 0.717) is 28.7 Å². The number of para-hydroxylation sites is 1. The van der Waals surface area contributed by atoms with Crippen LogP contribution in [0.4, 0.5) is 5.13 Å². The molecule has 0 saturated carbocycles. The Bertz CT molecular complexity index is 980. The molecule has 0 bridgehead atoms. The van der Waals surface area contributed by atoms with Gasteiger partial charge in [-0.25, -0.2) is 4.98 Å². The van der Waals surface area contributed by atoms with Crippen molar-refractivity contribution in [3.8, 4) is 0 Å². The Labute approximate surface area is 166 Å². The van der Waals surface area contributed by atoms with E-state index in [-0.39, 0.29) is 5.91 Å². The van der Waals surface area contributed by atoms with E-state index in [9.17, 15) is 4.79 Å². The van der Waals surface area contributed by atoms with Crippen molar-refractivity contribution in [1.29, 1.82) is 0 Å². The first kappa shape index (κ1) is 17.6. The number of thiazole rings is 1. The smallest absolute Gasteiger partial charge is 0.255 e. The summed E-state index contributed by atoms with van der Waals surface area (Å²) >= 11 is 13.9. The average molecular weight is 406 g/mol. The van der Waals surface area contributed by atoms with Crippen molar-refractivity contribution in [3.05, 3.63) is 57.6 Å². The highest BCUT2D eigenvalue weighted by atomic mass is 35.5. The summed E-state index contributed by atoms with van der Waals surface area (Å²) in [7, 11) is 0. The van der Waals surface area contributed by atoms with Crippen LogP contribution in [0, 0.1) is 6.92 Å². The number of rotatable bonds is 2. The zero-order chi connectivity index (χ0) is 18.3. The van der Waals surface area contributed by atoms with Gasteiger partial charge in [0.15, 0.2) is 5.13 Å². The minimum absolute atomic E-state index is 0.0719. The van der Waals surface area contributed by atoms with Crippen molar-refractivity contribution in [3.63, 3.8) is 0 Å². The Morgan fingerprint density at radius 3 is 2.62 bits per heavy atom. The highest BCUT2D eigenvalue weighted by Crippen LogP contribution is 2.31. The molecule has 0 radical (unpaired) electrons. The summed E-state index contributed by atoms with van der Waals surface area (Å²) in [5.41, 5.74) is 2.72. The molecule has 26 heavy (non-hydrogen) atoms. The van der Waals surface area contributed by atoms with Gasteiger partial charge in [-0.1, -0.05) is 46.7 Å². The molecule has 0 atom stereocenters. The summed E-state index contributed by atoms with van der Waals surface area (Å²) in [5, 5.41) is 1.96. The molecule has 0 spiro atoms. The molecular formula is C19H17Cl2N3OS. The first-order valence-electron chi connectivity index (χ1n) is 8.38. The minimum atomic E-state index is -0.0719. The van der Waals surface area contributed by atoms with E-state index < -0.39 is 0 Å². The molecule has 0 N–H and O–H groups in total. The zero-order valence-corrected chi connectivity index (χ0v) is 16.5. The number of anilines is 1. The summed E-state index contributed by atoms with van der Waals surface area (Å²) in [6.45, 7) is 4.86. The third-order valence-corrected chi connectivity index (χ3v) is 6.25. The molecule has 0 aliphatic carbocycles. The van der Waals surface area contributed by atoms with Crippen molar-refractivity contribution in [2.24, 2.45) is 0 Å². The maximum Gasteiger partial charge on any atom is 0.255 e. The molecule has 1 amide bonds. The maximum atomic E-state index is 12.8. The summed E-state index contributed by atoms with van der Waals surface area (Å²) in [5.74, 6) is -0.0719. The molecule has 4 nitrogen and oxygen atoms in total. The van der Waals surface area contributed by atoms with E-state index >= 15 is 0 Å². The van der Waals surface area contributed by atoms with Gasteiger partial charge in [0.25, 0.3) is 5.91 Å². The molecule has 1 aliphatic heterocycles. The Balaban J connectivity index is 1.49. The predicted octanol–water partition coefficient (Wildman–Crippen LogP) is 4.87. The summed E-state index contributed by atoms with van der Waals surface area (Å²) < 4.78 is 1.20. The molecule has 1 aromatic heterocycles. The van der Waals surface area contributed by atoms with Gasteiger partial charge in [-0.2, -0.15) is 0 Å². The SMILES string of the molecule is Cc1cccc2sc(N3CCN(C(=O)c4cc(Cl)ccc4Cl)CC3)nc12. The number of piperazine rings is 1. The first-order valence-corrected chi connectivity index (χ1v) is 9.95. The van der Waals surface area contributed by atoms with Crippen LogP contribution in [0.2, 0.25) is 10.0 Å². The lowest BCUT2D eigenvalue weighted by atomic mass is 10.2. The van der Waals surface area contributed by atoms with E-state index in [2.05, 4.69) is 30.0 Å². The number of hydrogen-bond acceptors (Lipinski definition) is 4. The molecule has 134 valence electrons. The monoisotopic (exact) mass is 405 g/mol. The second-order valence-electron chi connectivity index (χ2n) is 6.32. The van der Waals surface area contributed by atoms with Gasteiger partial charge in [0.1, 0.15) is 0 Å². The number of amides is 1. The number of aromatic nitrogens is 1. The van der Waals surface area contributed by atoms with Crippen molar-refractivity contribution in [2.45, 2.75) is 6.92 Å². The molecule has 1 saturated heterocycles. The van der Waals surface area contributed by atoms with Crippen molar-refractivity contribution in [1.82, 2.24) is 9.88 Å². The van der Waals surface area contributed by atoms with Crippen LogP contribution in [0.3, 0.4) is 0 Å². The number of fused-ring (bicyclic) bond motifs is 1. The zero-order valence-electron chi connectivity index (χ0n) is 14.2. The summed E-state index contributed by atoms with van der Waals surface area (Å²) in [6.07, 6.45) is 0. The second-order valence-corrected chi connectivity index (χ2v) is 8.17. The summed E-state index contributed by atoms with van der Waals surface area (Å²) in [4.78, 5) is 21.6. The Morgan fingerprint density at radius 2 is 1.88 bits per heavy atom. The molecule has 0 unspecified atom stereocenters. The number of carbonyl (C=O) groups excluding carboxylic acids is 1. The quantitative estimate of drug-likeness (QED) is 0.609. The molecule has 1 fully saturated rings. The fourth-order valence-corrected chi connectivity index (χ4v) is 4.61. The molecule has 3 aromatic rings.